The van der Waals surface area contributed by atoms with Gasteiger partial charge >= 0.3 is 0 Å². The third-order valence-electron chi connectivity index (χ3n) is 2.89. The van der Waals surface area contributed by atoms with Gasteiger partial charge in [0.15, 0.2) is 11.5 Å². The fourth-order valence-electron chi connectivity index (χ4n) is 1.92. The number of carbonyl (C=O) groups excluding carboxylic acids is 1. The molecule has 6 heteroatoms. The van der Waals surface area contributed by atoms with E-state index in [9.17, 15) is 15.0 Å². The minimum Gasteiger partial charge on any atom is -0.504 e. The molecular formula is C15H24N2O3S. The highest BCUT2D eigenvalue weighted by Gasteiger charge is 2.12. The van der Waals surface area contributed by atoms with Gasteiger partial charge in [-0.25, -0.2) is 0 Å². The number of amides is 1. The summed E-state index contributed by atoms with van der Waals surface area (Å²) in [6.45, 7) is 7.15. The second-order valence-corrected chi connectivity index (χ2v) is 6.04. The highest BCUT2D eigenvalue weighted by atomic mass is 32.2. The van der Waals surface area contributed by atoms with Crippen LogP contribution >= 0.6 is 11.8 Å². The van der Waals surface area contributed by atoms with E-state index < -0.39 is 0 Å². The molecule has 1 atom stereocenters. The van der Waals surface area contributed by atoms with Crippen molar-refractivity contribution in [1.29, 1.82) is 0 Å². The Morgan fingerprint density at radius 3 is 2.71 bits per heavy atom. The van der Waals surface area contributed by atoms with Crippen LogP contribution in [0.2, 0.25) is 0 Å². The summed E-state index contributed by atoms with van der Waals surface area (Å²) < 4.78 is 0. The van der Waals surface area contributed by atoms with Gasteiger partial charge < -0.3 is 20.8 Å². The molecule has 1 amide bonds. The summed E-state index contributed by atoms with van der Waals surface area (Å²) in [6, 6.07) is 3.48. The second kappa shape index (κ2) is 8.79. The smallest absolute Gasteiger partial charge is 0.217 e. The first kappa shape index (κ1) is 17.7. The number of benzene rings is 1. The number of hydrogen-bond acceptors (Lipinski definition) is 5. The number of hydrogen-bond donors (Lipinski definition) is 4. The molecule has 0 heterocycles. The van der Waals surface area contributed by atoms with Crippen molar-refractivity contribution in [3.63, 3.8) is 0 Å². The van der Waals surface area contributed by atoms with Crippen molar-refractivity contribution in [2.24, 2.45) is 0 Å². The van der Waals surface area contributed by atoms with Gasteiger partial charge in [0.1, 0.15) is 0 Å². The van der Waals surface area contributed by atoms with Crippen LogP contribution in [-0.2, 0) is 11.2 Å². The monoisotopic (exact) mass is 312 g/mol. The fourth-order valence-corrected chi connectivity index (χ4v) is 2.90. The Morgan fingerprint density at radius 1 is 1.38 bits per heavy atom. The maximum atomic E-state index is 11.0. The molecule has 0 aliphatic carbocycles. The highest BCUT2D eigenvalue weighted by Crippen LogP contribution is 2.37. The summed E-state index contributed by atoms with van der Waals surface area (Å²) in [5.41, 5.74) is 0.973. The van der Waals surface area contributed by atoms with Crippen LogP contribution in [0.25, 0.3) is 0 Å². The second-order valence-electron chi connectivity index (χ2n) is 4.98. The van der Waals surface area contributed by atoms with Crippen molar-refractivity contribution in [3.8, 4) is 11.5 Å². The van der Waals surface area contributed by atoms with Crippen LogP contribution in [0.5, 0.6) is 11.5 Å². The zero-order chi connectivity index (χ0) is 15.8. The van der Waals surface area contributed by atoms with Crippen molar-refractivity contribution >= 4 is 17.7 Å². The van der Waals surface area contributed by atoms with E-state index in [1.165, 1.54) is 18.7 Å². The van der Waals surface area contributed by atoms with Gasteiger partial charge in [-0.05, 0) is 44.1 Å². The summed E-state index contributed by atoms with van der Waals surface area (Å²) in [5, 5.41) is 25.7. The first-order valence-electron chi connectivity index (χ1n) is 7.09. The summed E-state index contributed by atoms with van der Waals surface area (Å²) in [5.74, 6) is 0.360. The maximum absolute atomic E-state index is 11.0. The predicted molar refractivity (Wildman–Crippen MR) is 86.0 cm³/mol. The lowest BCUT2D eigenvalue weighted by molar-refractivity contribution is -0.119. The third-order valence-corrected chi connectivity index (χ3v) is 4.18. The molecule has 0 spiro atoms. The van der Waals surface area contributed by atoms with Gasteiger partial charge in [-0.2, -0.15) is 0 Å². The van der Waals surface area contributed by atoms with E-state index in [1.807, 2.05) is 19.9 Å². The largest absolute Gasteiger partial charge is 0.504 e. The number of carbonyl (C=O) groups is 1. The number of phenols is 2. The molecule has 0 aliphatic heterocycles. The van der Waals surface area contributed by atoms with E-state index in [0.717, 1.165) is 25.1 Å². The molecule has 5 nitrogen and oxygen atoms in total. The van der Waals surface area contributed by atoms with Crippen LogP contribution in [0, 0.1) is 0 Å². The van der Waals surface area contributed by atoms with Crippen LogP contribution in [0.15, 0.2) is 17.0 Å². The third kappa shape index (κ3) is 6.27. The average molecular weight is 312 g/mol. The Bertz CT molecular complexity index is 480. The zero-order valence-electron chi connectivity index (χ0n) is 12.8. The Balaban J connectivity index is 2.69. The number of aromatic hydroxyl groups is 2. The van der Waals surface area contributed by atoms with Gasteiger partial charge in [-0.1, -0.05) is 6.92 Å². The molecule has 0 radical (unpaired) electrons. The molecular weight excluding hydrogens is 288 g/mol. The van der Waals surface area contributed by atoms with E-state index in [0.29, 0.717) is 10.6 Å². The predicted octanol–water partition coefficient (Wildman–Crippen LogP) is 1.87. The minimum atomic E-state index is -0.0984. The van der Waals surface area contributed by atoms with Crippen LogP contribution in [0.3, 0.4) is 0 Å². The maximum Gasteiger partial charge on any atom is 0.217 e. The van der Waals surface area contributed by atoms with E-state index in [-0.39, 0.29) is 23.4 Å². The molecule has 0 fully saturated rings. The van der Waals surface area contributed by atoms with Gasteiger partial charge in [-0.15, -0.1) is 11.8 Å². The molecule has 21 heavy (non-hydrogen) atoms. The number of thioether (sulfide) groups is 1. The number of likely N-dealkylation sites (N-methyl/N-ethyl adjacent to an activating group) is 1. The van der Waals surface area contributed by atoms with E-state index in [1.54, 1.807) is 6.07 Å². The topological polar surface area (TPSA) is 81.6 Å². The highest BCUT2D eigenvalue weighted by molar-refractivity contribution is 7.99. The molecule has 1 aromatic carbocycles. The number of nitrogens with one attached hydrogen (secondary N) is 2. The molecule has 0 aromatic heterocycles. The average Bonchev–Trinajstić information content (AvgIpc) is 2.40. The SMILES string of the molecule is CCNCCc1cc(O)c(O)c(SC[C@@H](C)NC(C)=O)c1. The summed E-state index contributed by atoms with van der Waals surface area (Å²) in [6.07, 6.45) is 0.788. The quantitative estimate of drug-likeness (QED) is 0.335. The van der Waals surface area contributed by atoms with Gasteiger partial charge in [-0.3, -0.25) is 4.79 Å². The van der Waals surface area contributed by atoms with Crippen LogP contribution < -0.4 is 10.6 Å². The van der Waals surface area contributed by atoms with E-state index in [2.05, 4.69) is 10.6 Å². The minimum absolute atomic E-state index is 0.000503. The number of phenolic OH excluding ortho intramolecular Hbond substituents is 2. The molecule has 118 valence electrons. The van der Waals surface area contributed by atoms with Gasteiger partial charge in [0.2, 0.25) is 5.91 Å². The van der Waals surface area contributed by atoms with Gasteiger partial charge in [0.25, 0.3) is 0 Å². The standard InChI is InChI=1S/C15H24N2O3S/c1-4-16-6-5-12-7-13(19)15(20)14(8-12)21-9-10(2)17-11(3)18/h7-8,10,16,19-20H,4-6,9H2,1-3H3,(H,17,18)/t10-/m1/s1. The van der Waals surface area contributed by atoms with Crippen molar-refractivity contribution in [2.45, 2.75) is 38.1 Å². The molecule has 0 bridgehead atoms. The first-order valence-corrected chi connectivity index (χ1v) is 8.08. The lowest BCUT2D eigenvalue weighted by atomic mass is 10.1. The van der Waals surface area contributed by atoms with Crippen molar-refractivity contribution < 1.29 is 15.0 Å². The Kier molecular flexibility index (Phi) is 7.39. The van der Waals surface area contributed by atoms with Crippen LogP contribution in [0.1, 0.15) is 26.3 Å². The molecule has 1 rings (SSSR count). The molecule has 0 aliphatic rings. The van der Waals surface area contributed by atoms with Crippen LogP contribution in [-0.4, -0.2) is 41.0 Å². The molecule has 0 saturated heterocycles. The first-order chi connectivity index (χ1) is 9.93. The van der Waals surface area contributed by atoms with Crippen molar-refractivity contribution in [3.05, 3.63) is 17.7 Å². The Labute approximate surface area is 130 Å². The zero-order valence-corrected chi connectivity index (χ0v) is 13.6. The lowest BCUT2D eigenvalue weighted by Crippen LogP contribution is -2.32. The molecule has 0 saturated carbocycles. The van der Waals surface area contributed by atoms with E-state index in [4.69, 9.17) is 0 Å². The Morgan fingerprint density at radius 2 is 2.10 bits per heavy atom. The van der Waals surface area contributed by atoms with E-state index >= 15 is 0 Å². The van der Waals surface area contributed by atoms with Crippen molar-refractivity contribution in [2.75, 3.05) is 18.8 Å². The Hall–Kier alpha value is -1.40. The summed E-state index contributed by atoms with van der Waals surface area (Å²) in [7, 11) is 0. The number of rotatable bonds is 8. The molecule has 4 N–H and O–H groups in total. The van der Waals surface area contributed by atoms with Gasteiger partial charge in [0, 0.05) is 18.7 Å². The fraction of sp³-hybridized carbons (Fsp3) is 0.533. The van der Waals surface area contributed by atoms with Crippen LogP contribution in [0.4, 0.5) is 0 Å². The lowest BCUT2D eigenvalue weighted by Gasteiger charge is -2.14. The summed E-state index contributed by atoms with van der Waals surface area (Å²) >= 11 is 1.42. The summed E-state index contributed by atoms with van der Waals surface area (Å²) in [4.78, 5) is 11.6. The van der Waals surface area contributed by atoms with Gasteiger partial charge in [0.05, 0.1) is 4.90 Å². The molecule has 1 aromatic rings. The normalized spacial score (nSPS) is 12.1. The van der Waals surface area contributed by atoms with Crippen molar-refractivity contribution in [1.82, 2.24) is 10.6 Å². The molecule has 0 unspecified atom stereocenters.